The van der Waals surface area contributed by atoms with E-state index in [4.69, 9.17) is 18.9 Å². The van der Waals surface area contributed by atoms with Crippen LogP contribution in [0.3, 0.4) is 0 Å². The van der Waals surface area contributed by atoms with E-state index < -0.39 is 98.0 Å². The number of rotatable bonds is 20. The predicted molar refractivity (Wildman–Crippen MR) is 160 cm³/mol. The molecule has 2 aromatic rings. The third kappa shape index (κ3) is 10.3. The van der Waals surface area contributed by atoms with Crippen molar-refractivity contribution in [1.82, 2.24) is 27.4 Å². The highest BCUT2D eigenvalue weighted by Gasteiger charge is 2.22. The van der Waals surface area contributed by atoms with Gasteiger partial charge in [0.15, 0.2) is 0 Å². The van der Waals surface area contributed by atoms with Crippen LogP contribution in [0.15, 0.2) is 28.8 Å². The lowest BCUT2D eigenvalue weighted by atomic mass is 10.4. The number of aromatic nitrogens is 6. The van der Waals surface area contributed by atoms with Gasteiger partial charge in [-0.2, -0.15) is 0 Å². The molecule has 0 aliphatic rings. The molecule has 0 aromatic carbocycles. The molecule has 1 N–H and O–H groups in total. The number of hydrogen-bond acceptors (Lipinski definition) is 14. The van der Waals surface area contributed by atoms with E-state index >= 15 is 0 Å². The van der Waals surface area contributed by atoms with E-state index in [1.165, 1.54) is 7.11 Å². The van der Waals surface area contributed by atoms with Gasteiger partial charge in [0, 0.05) is 7.11 Å². The first-order valence-electron chi connectivity index (χ1n) is 14.9. The number of esters is 3. The maximum atomic E-state index is 13.1. The normalized spacial score (nSPS) is 11.0. The Morgan fingerprint density at radius 2 is 0.830 bits per heavy atom. The Hall–Kier alpha value is -4.85. The minimum Gasteiger partial charge on any atom is -0.464 e. The van der Waals surface area contributed by atoms with E-state index in [2.05, 4.69) is 0 Å². The van der Waals surface area contributed by atoms with Gasteiger partial charge in [-0.1, -0.05) is 26.7 Å². The number of aliphatic hydroxyl groups excluding tert-OH is 1. The number of unbranched alkanes of at least 4 members (excludes halogenated alkanes) is 2. The fourth-order valence-corrected chi connectivity index (χ4v) is 4.06. The van der Waals surface area contributed by atoms with Gasteiger partial charge in [0.1, 0.15) is 26.2 Å². The number of ether oxygens (including phenoxy) is 4. The highest BCUT2D eigenvalue weighted by molar-refractivity contribution is 5.70. The van der Waals surface area contributed by atoms with Crippen LogP contribution in [0.5, 0.6) is 0 Å². The molecule has 2 rings (SSSR count). The smallest absolute Gasteiger partial charge is 0.337 e. The lowest BCUT2D eigenvalue weighted by molar-refractivity contribution is -0.145. The van der Waals surface area contributed by atoms with Gasteiger partial charge in [-0.25, -0.2) is 56.2 Å². The zero-order valence-electron chi connectivity index (χ0n) is 26.5. The molecule has 2 heterocycles. The van der Waals surface area contributed by atoms with Crippen LogP contribution < -0.4 is 34.1 Å². The molecule has 0 bridgehead atoms. The van der Waals surface area contributed by atoms with Crippen LogP contribution in [-0.4, -0.2) is 90.6 Å². The number of carbonyl (C=O) groups is 3. The van der Waals surface area contributed by atoms with Crippen molar-refractivity contribution in [2.75, 3.05) is 40.1 Å². The second-order valence-electron chi connectivity index (χ2n) is 9.99. The number of nitrogens with zero attached hydrogens (tertiary/aromatic N) is 6. The molecule has 20 heteroatoms. The predicted octanol–water partition coefficient (Wildman–Crippen LogP) is -3.77. The molecule has 0 aliphatic carbocycles. The summed E-state index contributed by atoms with van der Waals surface area (Å²) in [5, 5.41) is 9.26. The van der Waals surface area contributed by atoms with Crippen LogP contribution in [0.1, 0.15) is 39.5 Å². The van der Waals surface area contributed by atoms with Crippen molar-refractivity contribution < 1.29 is 38.4 Å². The Morgan fingerprint density at radius 1 is 0.511 bits per heavy atom. The average molecular weight is 673 g/mol. The number of methoxy groups -OCH3 is 1. The Labute approximate surface area is 265 Å². The monoisotopic (exact) mass is 672 g/mol. The summed E-state index contributed by atoms with van der Waals surface area (Å²) in [7, 11) is 1.33. The van der Waals surface area contributed by atoms with E-state index in [1.54, 1.807) is 0 Å². The van der Waals surface area contributed by atoms with Crippen molar-refractivity contribution in [2.45, 2.75) is 78.8 Å². The minimum atomic E-state index is -1.37. The van der Waals surface area contributed by atoms with Gasteiger partial charge in [0.2, 0.25) is 0 Å². The Morgan fingerprint density at radius 3 is 1.17 bits per heavy atom. The molecule has 0 atom stereocenters. The molecule has 0 unspecified atom stereocenters. The SMILES string of the molecule is CCCCOC(=O)Cn1c(=O)n(CC(=O)OCCCC)c(=O)n(CC(=O)OCCn2c(=O)n(CCO)c(=O)n(CCOC)c2=O)c1=O. The Kier molecular flexibility index (Phi) is 15.5. The topological polar surface area (TPSA) is 240 Å². The lowest BCUT2D eigenvalue weighted by Crippen LogP contribution is -2.56. The molecule has 0 saturated heterocycles. The van der Waals surface area contributed by atoms with Gasteiger partial charge in [0.25, 0.3) is 0 Å². The van der Waals surface area contributed by atoms with Gasteiger partial charge in [0.05, 0.1) is 46.1 Å². The van der Waals surface area contributed by atoms with Crippen molar-refractivity contribution >= 4 is 17.9 Å². The summed E-state index contributed by atoms with van der Waals surface area (Å²) in [5.41, 5.74) is -7.14. The standard InChI is InChI=1S/C27H40N6O14/c1-4-6-12-45-19(35)16-31-25(41)32(17-20(36)46-13-7-5-2)27(43)33(26(31)42)18-21(37)47-15-10-30-23(39)28(8-11-34)22(38)29(24(30)40)9-14-44-3/h34H,4-18H2,1-3H3. The second kappa shape index (κ2) is 19.0. The molecular formula is C27H40N6O14. The first-order chi connectivity index (χ1) is 22.4. The third-order valence-corrected chi connectivity index (χ3v) is 6.57. The number of aliphatic hydroxyl groups is 1. The van der Waals surface area contributed by atoms with E-state index in [1.807, 2.05) is 13.8 Å². The van der Waals surface area contributed by atoms with Crippen molar-refractivity contribution in [2.24, 2.45) is 0 Å². The van der Waals surface area contributed by atoms with Crippen molar-refractivity contribution in [3.8, 4) is 0 Å². The highest BCUT2D eigenvalue weighted by Crippen LogP contribution is 1.93. The molecule has 0 fully saturated rings. The molecule has 20 nitrogen and oxygen atoms in total. The van der Waals surface area contributed by atoms with Gasteiger partial charge >= 0.3 is 52.0 Å². The van der Waals surface area contributed by atoms with Crippen LogP contribution in [0.4, 0.5) is 0 Å². The van der Waals surface area contributed by atoms with Gasteiger partial charge < -0.3 is 24.1 Å². The number of hydrogen-bond donors (Lipinski definition) is 1. The molecule has 0 spiro atoms. The molecule has 47 heavy (non-hydrogen) atoms. The van der Waals surface area contributed by atoms with Crippen LogP contribution in [0.25, 0.3) is 0 Å². The van der Waals surface area contributed by atoms with Crippen molar-refractivity contribution in [3.63, 3.8) is 0 Å². The summed E-state index contributed by atoms with van der Waals surface area (Å²) < 4.78 is 22.7. The van der Waals surface area contributed by atoms with E-state index in [-0.39, 0.29) is 30.9 Å². The Bertz CT molecular complexity index is 1700. The minimum absolute atomic E-state index is 0.00603. The zero-order chi connectivity index (χ0) is 35.1. The molecule has 0 aliphatic heterocycles. The highest BCUT2D eigenvalue weighted by atomic mass is 16.5. The molecule has 0 amide bonds. The number of carbonyl (C=O) groups excluding carboxylic acids is 3. The summed E-state index contributed by atoms with van der Waals surface area (Å²) in [6, 6.07) is 0. The molecule has 0 radical (unpaired) electrons. The van der Waals surface area contributed by atoms with Crippen molar-refractivity contribution in [3.05, 3.63) is 62.9 Å². The third-order valence-electron chi connectivity index (χ3n) is 6.57. The quantitative estimate of drug-likeness (QED) is 0.0807. The van der Waals surface area contributed by atoms with Crippen molar-refractivity contribution in [1.29, 1.82) is 0 Å². The summed E-state index contributed by atoms with van der Waals surface area (Å²) in [6.45, 7) is -1.74. The van der Waals surface area contributed by atoms with Gasteiger partial charge in [-0.15, -0.1) is 0 Å². The lowest BCUT2D eigenvalue weighted by Gasteiger charge is -2.14. The van der Waals surface area contributed by atoms with Crippen LogP contribution in [0.2, 0.25) is 0 Å². The molecule has 262 valence electrons. The summed E-state index contributed by atoms with van der Waals surface area (Å²) >= 11 is 0. The first kappa shape index (κ1) is 38.3. The summed E-state index contributed by atoms with van der Waals surface area (Å²) in [6.07, 6.45) is 2.40. The molecular weight excluding hydrogens is 632 g/mol. The zero-order valence-corrected chi connectivity index (χ0v) is 26.5. The fourth-order valence-electron chi connectivity index (χ4n) is 4.06. The maximum Gasteiger partial charge on any atom is 0.337 e. The van der Waals surface area contributed by atoms with E-state index in [9.17, 15) is 48.3 Å². The van der Waals surface area contributed by atoms with Gasteiger partial charge in [-0.05, 0) is 12.8 Å². The Balaban J connectivity index is 2.38. The average Bonchev–Trinajstić information content (AvgIpc) is 3.03. The van der Waals surface area contributed by atoms with E-state index in [0.29, 0.717) is 48.5 Å². The second-order valence-corrected chi connectivity index (χ2v) is 9.99. The first-order valence-corrected chi connectivity index (χ1v) is 14.9. The van der Waals surface area contributed by atoms with Crippen LogP contribution in [0, 0.1) is 0 Å². The van der Waals surface area contributed by atoms with Crippen LogP contribution >= 0.6 is 0 Å². The molecule has 2 aromatic heterocycles. The fraction of sp³-hybridized carbons (Fsp3) is 0.667. The summed E-state index contributed by atoms with van der Waals surface area (Å²) in [5.74, 6) is -3.19. The van der Waals surface area contributed by atoms with Gasteiger partial charge in [-0.3, -0.25) is 14.4 Å². The van der Waals surface area contributed by atoms with Crippen LogP contribution in [-0.2, 0) is 72.6 Å². The largest absolute Gasteiger partial charge is 0.464 e. The summed E-state index contributed by atoms with van der Waals surface area (Å²) in [4.78, 5) is 115. The maximum absolute atomic E-state index is 13.1. The molecule has 0 saturated carbocycles. The van der Waals surface area contributed by atoms with E-state index in [0.717, 1.165) is 0 Å².